The molecule has 74 valence electrons. The van der Waals surface area contributed by atoms with Gasteiger partial charge in [0, 0.05) is 5.56 Å². The van der Waals surface area contributed by atoms with Gasteiger partial charge in [-0.2, -0.15) is 5.21 Å². The summed E-state index contributed by atoms with van der Waals surface area (Å²) in [5.41, 5.74) is 2.30. The van der Waals surface area contributed by atoms with E-state index in [-0.39, 0.29) is 7.43 Å². The van der Waals surface area contributed by atoms with Gasteiger partial charge in [-0.3, -0.25) is 0 Å². The highest BCUT2D eigenvalue weighted by atomic mass is 15.5. The Labute approximate surface area is 83.4 Å². The first kappa shape index (κ1) is 10.4. The molecule has 0 aliphatic heterocycles. The number of rotatable bonds is 2. The summed E-state index contributed by atoms with van der Waals surface area (Å²) in [4.78, 5) is 0. The molecule has 2 aromatic rings. The second-order valence-electron chi connectivity index (χ2n) is 2.79. The third kappa shape index (κ3) is 1.96. The third-order valence-electron chi connectivity index (χ3n) is 1.97. The van der Waals surface area contributed by atoms with Gasteiger partial charge in [-0.25, -0.2) is 0 Å². The van der Waals surface area contributed by atoms with Crippen LogP contribution in [0.3, 0.4) is 0 Å². The van der Waals surface area contributed by atoms with Crippen LogP contribution in [-0.2, 0) is 6.42 Å². The minimum atomic E-state index is 0. The molecule has 0 aliphatic rings. The maximum Gasteiger partial charge on any atom is 0.204 e. The number of hydrogen-bond acceptors (Lipinski definition) is 3. The molecule has 2 rings (SSSR count). The highest BCUT2D eigenvalue weighted by Crippen LogP contribution is 2.13. The highest BCUT2D eigenvalue weighted by Gasteiger charge is 2.00. The normalized spacial score (nSPS) is 9.50. The number of H-pyrrole nitrogens is 1. The molecule has 14 heavy (non-hydrogen) atoms. The Balaban J connectivity index is 0.000000980. The molecule has 0 aliphatic carbocycles. The van der Waals surface area contributed by atoms with Gasteiger partial charge in [0.15, 0.2) is 0 Å². The van der Waals surface area contributed by atoms with E-state index in [4.69, 9.17) is 0 Å². The van der Waals surface area contributed by atoms with Crippen molar-refractivity contribution in [2.24, 2.45) is 0 Å². The van der Waals surface area contributed by atoms with Gasteiger partial charge >= 0.3 is 0 Å². The number of aryl methyl sites for hydroxylation is 1. The number of nitrogens with zero attached hydrogens (tertiary/aromatic N) is 3. The molecule has 1 aromatic heterocycles. The molecule has 0 amide bonds. The van der Waals surface area contributed by atoms with Crippen LogP contribution in [0.2, 0.25) is 0 Å². The number of nitrogens with one attached hydrogen (secondary N) is 1. The lowest BCUT2D eigenvalue weighted by Crippen LogP contribution is -1.83. The molecule has 1 heterocycles. The topological polar surface area (TPSA) is 54.5 Å². The van der Waals surface area contributed by atoms with E-state index in [1.54, 1.807) is 0 Å². The lowest BCUT2D eigenvalue weighted by molar-refractivity contribution is 0.881. The minimum Gasteiger partial charge on any atom is -0.177 e. The molecular weight excluding hydrogens is 176 g/mol. The molecule has 1 N–H and O–H groups in total. The molecule has 0 bridgehead atoms. The predicted octanol–water partition coefficient (Wildman–Crippen LogP) is 2.07. The Kier molecular flexibility index (Phi) is 3.34. The maximum absolute atomic E-state index is 3.89. The summed E-state index contributed by atoms with van der Waals surface area (Å²) in [6.45, 7) is 2.13. The average molecular weight is 190 g/mol. The maximum atomic E-state index is 3.89. The van der Waals surface area contributed by atoms with Gasteiger partial charge < -0.3 is 0 Å². The first-order chi connectivity index (χ1) is 6.40. The Morgan fingerprint density at radius 1 is 1.21 bits per heavy atom. The second kappa shape index (κ2) is 4.50. The van der Waals surface area contributed by atoms with E-state index in [9.17, 15) is 0 Å². The van der Waals surface area contributed by atoms with Crippen LogP contribution in [0.25, 0.3) is 11.4 Å². The van der Waals surface area contributed by atoms with Crippen LogP contribution in [0.15, 0.2) is 24.3 Å². The summed E-state index contributed by atoms with van der Waals surface area (Å²) >= 11 is 0. The SMILES string of the molecule is C.CCc1ccc(-c2nn[nH]n2)cc1. The van der Waals surface area contributed by atoms with Gasteiger partial charge in [0.25, 0.3) is 0 Å². The summed E-state index contributed by atoms with van der Waals surface area (Å²) < 4.78 is 0. The van der Waals surface area contributed by atoms with Crippen LogP contribution in [0.4, 0.5) is 0 Å². The van der Waals surface area contributed by atoms with Crippen molar-refractivity contribution in [2.45, 2.75) is 20.8 Å². The van der Waals surface area contributed by atoms with Gasteiger partial charge in [0.05, 0.1) is 0 Å². The largest absolute Gasteiger partial charge is 0.204 e. The highest BCUT2D eigenvalue weighted by molar-refractivity contribution is 5.53. The molecule has 0 spiro atoms. The van der Waals surface area contributed by atoms with Gasteiger partial charge in [-0.05, 0) is 17.2 Å². The van der Waals surface area contributed by atoms with Gasteiger partial charge in [0.2, 0.25) is 5.82 Å². The number of hydrogen-bond donors (Lipinski definition) is 1. The average Bonchev–Trinajstić information content (AvgIpc) is 2.71. The summed E-state index contributed by atoms with van der Waals surface area (Å²) in [5.74, 6) is 0.641. The van der Waals surface area contributed by atoms with E-state index in [1.165, 1.54) is 5.56 Å². The van der Waals surface area contributed by atoms with E-state index in [2.05, 4.69) is 39.7 Å². The Hall–Kier alpha value is -1.71. The standard InChI is InChI=1S/C9H10N4.CH4/c1-2-7-3-5-8(6-4-7)9-10-12-13-11-9;/h3-6H,2H2,1H3,(H,10,11,12,13);1H4. The summed E-state index contributed by atoms with van der Waals surface area (Å²) in [6.07, 6.45) is 1.05. The first-order valence-electron chi connectivity index (χ1n) is 4.23. The molecule has 0 saturated heterocycles. The Bertz CT molecular complexity index is 364. The fourth-order valence-corrected chi connectivity index (χ4v) is 1.17. The lowest BCUT2D eigenvalue weighted by atomic mass is 10.1. The second-order valence-corrected chi connectivity index (χ2v) is 2.79. The fourth-order valence-electron chi connectivity index (χ4n) is 1.17. The fraction of sp³-hybridized carbons (Fsp3) is 0.300. The molecule has 0 unspecified atom stereocenters. The smallest absolute Gasteiger partial charge is 0.177 e. The number of aromatic amines is 1. The molecule has 1 aromatic carbocycles. The summed E-state index contributed by atoms with van der Waals surface area (Å²) in [7, 11) is 0. The van der Waals surface area contributed by atoms with Crippen LogP contribution in [0.1, 0.15) is 19.9 Å². The molecular formula is C10H14N4. The molecule has 4 nitrogen and oxygen atoms in total. The summed E-state index contributed by atoms with van der Waals surface area (Å²) in [5, 5.41) is 13.7. The van der Waals surface area contributed by atoms with Crippen LogP contribution in [0.5, 0.6) is 0 Å². The third-order valence-corrected chi connectivity index (χ3v) is 1.97. The van der Waals surface area contributed by atoms with E-state index in [1.807, 2.05) is 12.1 Å². The lowest BCUT2D eigenvalue weighted by Gasteiger charge is -1.96. The number of tetrazole rings is 1. The first-order valence-corrected chi connectivity index (χ1v) is 4.23. The van der Waals surface area contributed by atoms with E-state index >= 15 is 0 Å². The van der Waals surface area contributed by atoms with Crippen molar-refractivity contribution in [2.75, 3.05) is 0 Å². The Morgan fingerprint density at radius 2 is 1.93 bits per heavy atom. The quantitative estimate of drug-likeness (QED) is 0.788. The molecule has 0 atom stereocenters. The van der Waals surface area contributed by atoms with Gasteiger partial charge in [-0.1, -0.05) is 38.6 Å². The number of aromatic nitrogens is 4. The van der Waals surface area contributed by atoms with Crippen molar-refractivity contribution in [3.8, 4) is 11.4 Å². The molecule has 4 heteroatoms. The van der Waals surface area contributed by atoms with Crippen molar-refractivity contribution < 1.29 is 0 Å². The van der Waals surface area contributed by atoms with Crippen molar-refractivity contribution in [3.63, 3.8) is 0 Å². The monoisotopic (exact) mass is 190 g/mol. The molecule has 0 fully saturated rings. The Morgan fingerprint density at radius 3 is 2.43 bits per heavy atom. The van der Waals surface area contributed by atoms with E-state index in [0.717, 1.165) is 12.0 Å². The number of benzene rings is 1. The van der Waals surface area contributed by atoms with Crippen LogP contribution in [-0.4, -0.2) is 20.6 Å². The summed E-state index contributed by atoms with van der Waals surface area (Å²) in [6, 6.07) is 8.16. The van der Waals surface area contributed by atoms with Crippen LogP contribution < -0.4 is 0 Å². The van der Waals surface area contributed by atoms with Crippen molar-refractivity contribution in [3.05, 3.63) is 29.8 Å². The zero-order valence-electron chi connectivity index (χ0n) is 7.36. The minimum absolute atomic E-state index is 0. The van der Waals surface area contributed by atoms with E-state index < -0.39 is 0 Å². The van der Waals surface area contributed by atoms with Crippen LogP contribution >= 0.6 is 0 Å². The van der Waals surface area contributed by atoms with Crippen LogP contribution in [0, 0.1) is 0 Å². The van der Waals surface area contributed by atoms with Gasteiger partial charge in [0.1, 0.15) is 0 Å². The van der Waals surface area contributed by atoms with Gasteiger partial charge in [-0.15, -0.1) is 10.2 Å². The van der Waals surface area contributed by atoms with Crippen molar-refractivity contribution in [1.82, 2.24) is 20.6 Å². The van der Waals surface area contributed by atoms with Crippen molar-refractivity contribution in [1.29, 1.82) is 0 Å². The molecule has 0 saturated carbocycles. The predicted molar refractivity (Wildman–Crippen MR) is 55.7 cm³/mol. The van der Waals surface area contributed by atoms with Crippen molar-refractivity contribution >= 4 is 0 Å². The zero-order chi connectivity index (χ0) is 9.10. The zero-order valence-corrected chi connectivity index (χ0v) is 7.36. The molecule has 0 radical (unpaired) electrons. The van der Waals surface area contributed by atoms with E-state index in [0.29, 0.717) is 5.82 Å².